The zero-order chi connectivity index (χ0) is 6.62. The fraction of sp³-hybridized carbons (Fsp3) is 1.00. The van der Waals surface area contributed by atoms with Crippen LogP contribution < -0.4 is 0 Å². The Kier molecular flexibility index (Phi) is 3.59. The molecule has 0 aromatic heterocycles. The van der Waals surface area contributed by atoms with Gasteiger partial charge in [0.2, 0.25) is 0 Å². The fourth-order valence-electron chi connectivity index (χ4n) is 0.408. The Bertz CT molecular complexity index is 57.9. The molecule has 0 aromatic carbocycles. The van der Waals surface area contributed by atoms with E-state index in [-0.39, 0.29) is 9.76 Å². The zero-order valence-electron chi connectivity index (χ0n) is 6.32. The molecule has 0 radical (unpaired) electrons. The van der Waals surface area contributed by atoms with Gasteiger partial charge in [-0.3, -0.25) is 0 Å². The molecule has 0 aromatic rings. The lowest BCUT2D eigenvalue weighted by molar-refractivity contribution is 0.596. The zero-order valence-corrected chi connectivity index (χ0v) is 8.74. The van der Waals surface area contributed by atoms with Crippen LogP contribution in [0, 0.1) is 0 Å². The lowest BCUT2D eigenvalue weighted by atomic mass is 11.0. The first-order valence-corrected chi connectivity index (χ1v) is 8.19. The minimum Gasteiger partial charge on any atom is -0.461 e. The summed E-state index contributed by atoms with van der Waals surface area (Å²) in [5, 5.41) is 0. The van der Waals surface area contributed by atoms with Crippen LogP contribution in [0.25, 0.3) is 0 Å². The largest absolute Gasteiger partial charge is 0.461 e. The van der Waals surface area contributed by atoms with Gasteiger partial charge in [-0.1, -0.05) is 6.92 Å². The maximum atomic E-state index is 5.66. The molecule has 0 heterocycles. The van der Waals surface area contributed by atoms with E-state index < -0.39 is 8.32 Å². The van der Waals surface area contributed by atoms with Crippen molar-refractivity contribution in [3.63, 3.8) is 0 Å². The summed E-state index contributed by atoms with van der Waals surface area (Å²) in [5.74, 6) is 0. The summed E-state index contributed by atoms with van der Waals surface area (Å²) in [7, 11) is -1.24. The molecule has 8 heavy (non-hydrogen) atoms. The highest BCUT2D eigenvalue weighted by atomic mass is 28.4. The standard InChI is InChI=1S/C5H16OSi2/c1-5-7-6-8(2,3)4/h5,7H2,1-4H3. The van der Waals surface area contributed by atoms with Crippen LogP contribution >= 0.6 is 0 Å². The van der Waals surface area contributed by atoms with Gasteiger partial charge in [-0.05, 0) is 25.7 Å². The summed E-state index contributed by atoms with van der Waals surface area (Å²) in [6.45, 7) is 8.94. The molecule has 0 aliphatic heterocycles. The molecule has 0 saturated heterocycles. The molecule has 0 bridgehead atoms. The second-order valence-electron chi connectivity index (χ2n) is 2.96. The van der Waals surface area contributed by atoms with E-state index in [2.05, 4.69) is 26.6 Å². The smallest absolute Gasteiger partial charge is 0.169 e. The van der Waals surface area contributed by atoms with Gasteiger partial charge in [0, 0.05) is 0 Å². The van der Waals surface area contributed by atoms with E-state index in [9.17, 15) is 0 Å². The van der Waals surface area contributed by atoms with Gasteiger partial charge < -0.3 is 4.12 Å². The summed E-state index contributed by atoms with van der Waals surface area (Å²) in [6, 6.07) is 1.28. The minimum atomic E-state index is -1.12. The Morgan fingerprint density at radius 2 is 1.88 bits per heavy atom. The molecule has 0 N–H and O–H groups in total. The molecular formula is C5H16OSi2. The van der Waals surface area contributed by atoms with Crippen molar-refractivity contribution in [2.75, 3.05) is 0 Å². The molecule has 3 heteroatoms. The van der Waals surface area contributed by atoms with Gasteiger partial charge in [-0.15, -0.1) is 0 Å². The van der Waals surface area contributed by atoms with Crippen LogP contribution in [-0.2, 0) is 4.12 Å². The third kappa shape index (κ3) is 6.39. The third-order valence-electron chi connectivity index (χ3n) is 0.739. The van der Waals surface area contributed by atoms with Crippen molar-refractivity contribution in [3.05, 3.63) is 0 Å². The molecule has 0 spiro atoms. The molecule has 0 rings (SSSR count). The van der Waals surface area contributed by atoms with E-state index in [0.29, 0.717) is 0 Å². The van der Waals surface area contributed by atoms with Gasteiger partial charge in [-0.2, -0.15) is 0 Å². The van der Waals surface area contributed by atoms with Crippen molar-refractivity contribution >= 4 is 18.1 Å². The van der Waals surface area contributed by atoms with Crippen LogP contribution in [0.2, 0.25) is 25.7 Å². The van der Waals surface area contributed by atoms with Crippen molar-refractivity contribution in [1.29, 1.82) is 0 Å². The molecule has 1 nitrogen and oxygen atoms in total. The third-order valence-corrected chi connectivity index (χ3v) is 5.43. The maximum Gasteiger partial charge on any atom is 0.169 e. The van der Waals surface area contributed by atoms with E-state index in [1.54, 1.807) is 0 Å². The summed E-state index contributed by atoms with van der Waals surface area (Å²) < 4.78 is 5.66. The number of hydrogen-bond acceptors (Lipinski definition) is 1. The lowest BCUT2D eigenvalue weighted by Gasteiger charge is -2.16. The van der Waals surface area contributed by atoms with Crippen LogP contribution in [0.1, 0.15) is 6.92 Å². The first kappa shape index (κ1) is 8.39. The van der Waals surface area contributed by atoms with Gasteiger partial charge in [0.05, 0.1) is 0 Å². The molecule has 0 atom stereocenters. The van der Waals surface area contributed by atoms with Crippen molar-refractivity contribution in [3.8, 4) is 0 Å². The van der Waals surface area contributed by atoms with E-state index >= 15 is 0 Å². The summed E-state index contributed by atoms with van der Waals surface area (Å²) in [5.41, 5.74) is 0. The van der Waals surface area contributed by atoms with E-state index in [0.717, 1.165) is 0 Å². The van der Waals surface area contributed by atoms with Crippen LogP contribution in [0.3, 0.4) is 0 Å². The Balaban J connectivity index is 3.11. The van der Waals surface area contributed by atoms with Crippen LogP contribution in [0.15, 0.2) is 0 Å². The first-order valence-electron chi connectivity index (χ1n) is 3.20. The second-order valence-corrected chi connectivity index (χ2v) is 9.75. The van der Waals surface area contributed by atoms with Crippen LogP contribution in [0.4, 0.5) is 0 Å². The molecule has 50 valence electrons. The highest BCUT2D eigenvalue weighted by molar-refractivity contribution is 6.73. The van der Waals surface area contributed by atoms with Crippen molar-refractivity contribution in [1.82, 2.24) is 0 Å². The quantitative estimate of drug-likeness (QED) is 0.549. The maximum absolute atomic E-state index is 5.66. The Morgan fingerprint density at radius 1 is 1.38 bits per heavy atom. The predicted octanol–water partition coefficient (Wildman–Crippen LogP) is 1.36. The Morgan fingerprint density at radius 3 is 2.00 bits per heavy atom. The van der Waals surface area contributed by atoms with Crippen LogP contribution in [0.5, 0.6) is 0 Å². The average molecular weight is 148 g/mol. The van der Waals surface area contributed by atoms with E-state index in [4.69, 9.17) is 4.12 Å². The summed E-state index contributed by atoms with van der Waals surface area (Å²) in [6.07, 6.45) is 0. The van der Waals surface area contributed by atoms with E-state index in [1.165, 1.54) is 6.04 Å². The first-order chi connectivity index (χ1) is 3.56. The van der Waals surface area contributed by atoms with Crippen molar-refractivity contribution < 1.29 is 4.12 Å². The molecule has 0 saturated carbocycles. The molecule has 0 amide bonds. The topological polar surface area (TPSA) is 9.23 Å². The van der Waals surface area contributed by atoms with Gasteiger partial charge in [-0.25, -0.2) is 0 Å². The van der Waals surface area contributed by atoms with Gasteiger partial charge in [0.25, 0.3) is 0 Å². The molecular weight excluding hydrogens is 132 g/mol. The highest BCUT2D eigenvalue weighted by Crippen LogP contribution is 2.00. The van der Waals surface area contributed by atoms with Crippen molar-refractivity contribution in [2.45, 2.75) is 32.6 Å². The van der Waals surface area contributed by atoms with Crippen molar-refractivity contribution in [2.24, 2.45) is 0 Å². The van der Waals surface area contributed by atoms with E-state index in [1.807, 2.05) is 0 Å². The van der Waals surface area contributed by atoms with Gasteiger partial charge in [0.1, 0.15) is 9.76 Å². The monoisotopic (exact) mass is 148 g/mol. The normalized spacial score (nSPS) is 13.5. The SMILES string of the molecule is CC[SiH2]O[Si](C)(C)C. The minimum absolute atomic E-state index is 0.121. The average Bonchev–Trinajstić information content (AvgIpc) is 1.59. The highest BCUT2D eigenvalue weighted by Gasteiger charge is 2.11. The predicted molar refractivity (Wildman–Crippen MR) is 43.5 cm³/mol. The molecule has 0 unspecified atom stereocenters. The Labute approximate surface area is 55.5 Å². The second kappa shape index (κ2) is 3.43. The summed E-state index contributed by atoms with van der Waals surface area (Å²) >= 11 is 0. The van der Waals surface area contributed by atoms with Gasteiger partial charge >= 0.3 is 0 Å². The molecule has 0 aliphatic carbocycles. The summed E-state index contributed by atoms with van der Waals surface area (Å²) in [4.78, 5) is 0. The number of hydrogen-bond donors (Lipinski definition) is 0. The molecule has 0 fully saturated rings. The number of rotatable bonds is 3. The molecule has 0 aliphatic rings. The fourth-order valence-corrected chi connectivity index (χ4v) is 3.67. The van der Waals surface area contributed by atoms with Gasteiger partial charge in [0.15, 0.2) is 8.32 Å². The Hall–Kier alpha value is 0.394. The van der Waals surface area contributed by atoms with Crippen LogP contribution in [-0.4, -0.2) is 18.1 Å². The lowest BCUT2D eigenvalue weighted by Crippen LogP contribution is -2.26.